The number of halogens is 2. The fraction of sp³-hybridized carbons (Fsp3) is 0.538. The van der Waals surface area contributed by atoms with Crippen LogP contribution in [-0.4, -0.2) is 35.8 Å². The van der Waals surface area contributed by atoms with Crippen molar-refractivity contribution in [2.24, 2.45) is 0 Å². The highest BCUT2D eigenvalue weighted by Gasteiger charge is 2.30. The molecule has 19 heavy (non-hydrogen) atoms. The van der Waals surface area contributed by atoms with Crippen LogP contribution < -0.4 is 5.32 Å². The molecule has 1 rings (SSSR count). The smallest absolute Gasteiger partial charge is 0.243 e. The third-order valence-electron chi connectivity index (χ3n) is 3.13. The van der Waals surface area contributed by atoms with Gasteiger partial charge >= 0.3 is 0 Å². The van der Waals surface area contributed by atoms with Crippen molar-refractivity contribution < 1.29 is 9.18 Å². The minimum absolute atomic E-state index is 0.0950. The maximum atomic E-state index is 13.4. The highest BCUT2D eigenvalue weighted by molar-refractivity contribution is 6.31. The molecule has 1 heterocycles. The number of allylic oxidation sites excluding steroid dienone is 2. The summed E-state index contributed by atoms with van der Waals surface area (Å²) in [6.07, 6.45) is 1.60. The maximum absolute atomic E-state index is 13.4. The molecule has 0 bridgehead atoms. The molecular formula is C13H19ClFN3O. The zero-order valence-electron chi connectivity index (χ0n) is 11.2. The summed E-state index contributed by atoms with van der Waals surface area (Å²) in [6, 6.07) is -0.326. The van der Waals surface area contributed by atoms with Gasteiger partial charge in [-0.05, 0) is 32.3 Å². The van der Waals surface area contributed by atoms with Gasteiger partial charge in [-0.25, -0.2) is 4.39 Å². The molecule has 1 aliphatic rings. The third kappa shape index (κ3) is 4.06. The molecule has 0 radical (unpaired) electrons. The fourth-order valence-electron chi connectivity index (χ4n) is 2.09. The van der Waals surface area contributed by atoms with Crippen LogP contribution in [0.15, 0.2) is 23.0 Å². The van der Waals surface area contributed by atoms with Crippen molar-refractivity contribution in [1.82, 2.24) is 10.2 Å². The third-order valence-corrected chi connectivity index (χ3v) is 3.29. The van der Waals surface area contributed by atoms with Crippen LogP contribution in [0.3, 0.4) is 0 Å². The molecule has 0 aliphatic carbocycles. The van der Waals surface area contributed by atoms with Gasteiger partial charge in [0.05, 0.1) is 10.9 Å². The Bertz CT molecular complexity index is 434. The summed E-state index contributed by atoms with van der Waals surface area (Å²) < 4.78 is 13.4. The zero-order chi connectivity index (χ0) is 14.6. The molecule has 4 nitrogen and oxygen atoms in total. The van der Waals surface area contributed by atoms with Crippen molar-refractivity contribution >= 4 is 23.3 Å². The Morgan fingerprint density at radius 3 is 2.74 bits per heavy atom. The molecule has 0 unspecified atom stereocenters. The van der Waals surface area contributed by atoms with Crippen LogP contribution in [0.4, 0.5) is 4.39 Å². The molecule has 1 atom stereocenters. The Hall–Kier alpha value is -1.36. The van der Waals surface area contributed by atoms with Gasteiger partial charge in [0.15, 0.2) is 0 Å². The Balaban J connectivity index is 2.59. The molecule has 0 saturated carbocycles. The van der Waals surface area contributed by atoms with E-state index < -0.39 is 5.83 Å². The Morgan fingerprint density at radius 1 is 1.58 bits per heavy atom. The lowest BCUT2D eigenvalue weighted by Crippen LogP contribution is -2.45. The topological polar surface area (TPSA) is 56.2 Å². The van der Waals surface area contributed by atoms with Crippen molar-refractivity contribution in [1.29, 1.82) is 5.41 Å². The number of amidine groups is 1. The van der Waals surface area contributed by atoms with Crippen LogP contribution in [-0.2, 0) is 4.79 Å². The largest absolute Gasteiger partial charge is 0.350 e. The molecule has 2 N–H and O–H groups in total. The van der Waals surface area contributed by atoms with E-state index in [-0.39, 0.29) is 23.5 Å². The summed E-state index contributed by atoms with van der Waals surface area (Å²) in [5.41, 5.74) is 0.337. The molecular weight excluding hydrogens is 269 g/mol. The molecule has 0 aromatic heterocycles. The molecule has 0 aromatic rings. The van der Waals surface area contributed by atoms with E-state index in [1.807, 2.05) is 0 Å². The van der Waals surface area contributed by atoms with E-state index in [0.717, 1.165) is 19.4 Å². The lowest BCUT2D eigenvalue weighted by molar-refractivity contribution is -0.124. The van der Waals surface area contributed by atoms with Crippen molar-refractivity contribution in [3.8, 4) is 0 Å². The second kappa shape index (κ2) is 6.70. The minimum Gasteiger partial charge on any atom is -0.350 e. The summed E-state index contributed by atoms with van der Waals surface area (Å²) in [5, 5.41) is 10.1. The number of carbonyl (C=O) groups excluding carboxylic acids is 1. The second-order valence-corrected chi connectivity index (χ2v) is 5.11. The first kappa shape index (κ1) is 15.7. The first-order valence-corrected chi connectivity index (χ1v) is 6.52. The van der Waals surface area contributed by atoms with E-state index in [1.54, 1.807) is 18.7 Å². The lowest BCUT2D eigenvalue weighted by Gasteiger charge is -2.24. The molecule has 1 fully saturated rings. The van der Waals surface area contributed by atoms with E-state index in [1.165, 1.54) is 0 Å². The average molecular weight is 288 g/mol. The van der Waals surface area contributed by atoms with Gasteiger partial charge in [0, 0.05) is 13.1 Å². The van der Waals surface area contributed by atoms with Gasteiger partial charge in [-0.15, -0.1) is 0 Å². The van der Waals surface area contributed by atoms with E-state index in [2.05, 4.69) is 11.9 Å². The van der Waals surface area contributed by atoms with Gasteiger partial charge in [0.25, 0.3) is 0 Å². The summed E-state index contributed by atoms with van der Waals surface area (Å²) in [4.78, 5) is 13.8. The number of nitrogens with zero attached hydrogens (tertiary/aromatic N) is 1. The molecule has 1 saturated heterocycles. The summed E-state index contributed by atoms with van der Waals surface area (Å²) >= 11 is 5.45. The average Bonchev–Trinajstić information content (AvgIpc) is 2.83. The quantitative estimate of drug-likeness (QED) is 0.474. The predicted molar refractivity (Wildman–Crippen MR) is 74.9 cm³/mol. The normalized spacial score (nSPS) is 20.0. The summed E-state index contributed by atoms with van der Waals surface area (Å²) in [7, 11) is 0. The SMILES string of the molecule is C=C(Cl)/C(F)=C(\C)CNC(=O)[C@@H]1CCCN1C(C)=N. The van der Waals surface area contributed by atoms with Crippen LogP contribution in [0.25, 0.3) is 0 Å². The lowest BCUT2D eigenvalue weighted by atomic mass is 10.2. The van der Waals surface area contributed by atoms with Crippen molar-refractivity contribution in [2.45, 2.75) is 32.7 Å². The van der Waals surface area contributed by atoms with Crippen LogP contribution in [0, 0.1) is 5.41 Å². The molecule has 0 spiro atoms. The number of likely N-dealkylation sites (tertiary alicyclic amines) is 1. The molecule has 6 heteroatoms. The predicted octanol–water partition coefficient (Wildman–Crippen LogP) is 2.56. The summed E-state index contributed by atoms with van der Waals surface area (Å²) in [6.45, 7) is 7.33. The highest BCUT2D eigenvalue weighted by Crippen LogP contribution is 2.19. The molecule has 1 aliphatic heterocycles. The number of rotatable bonds is 4. The molecule has 0 aromatic carbocycles. The van der Waals surface area contributed by atoms with E-state index in [4.69, 9.17) is 17.0 Å². The minimum atomic E-state index is -0.589. The van der Waals surface area contributed by atoms with E-state index >= 15 is 0 Å². The first-order chi connectivity index (χ1) is 8.84. The summed E-state index contributed by atoms with van der Waals surface area (Å²) in [5.74, 6) is -0.393. The van der Waals surface area contributed by atoms with Crippen molar-refractivity contribution in [2.75, 3.05) is 13.1 Å². The van der Waals surface area contributed by atoms with Crippen LogP contribution in [0.2, 0.25) is 0 Å². The van der Waals surface area contributed by atoms with Gasteiger partial charge in [-0.2, -0.15) is 0 Å². The monoisotopic (exact) mass is 287 g/mol. The van der Waals surface area contributed by atoms with Crippen LogP contribution in [0.5, 0.6) is 0 Å². The number of hydrogen-bond donors (Lipinski definition) is 2. The Kier molecular flexibility index (Phi) is 5.54. The zero-order valence-corrected chi connectivity index (χ0v) is 12.0. The maximum Gasteiger partial charge on any atom is 0.243 e. The standard InChI is InChI=1S/C13H19ClFN3O/c1-8(12(15)9(2)14)7-17-13(19)11-5-4-6-18(11)10(3)16/h11,16H,2,4-7H2,1,3H3,(H,17,19)/b12-8-,16-10?/t11-/m0/s1. The highest BCUT2D eigenvalue weighted by atomic mass is 35.5. The van der Waals surface area contributed by atoms with Gasteiger partial charge in [-0.1, -0.05) is 18.2 Å². The molecule has 106 valence electrons. The number of hydrogen-bond acceptors (Lipinski definition) is 2. The number of carbonyl (C=O) groups is 1. The van der Waals surface area contributed by atoms with Crippen molar-refractivity contribution in [3.05, 3.63) is 23.0 Å². The van der Waals surface area contributed by atoms with Gasteiger partial charge < -0.3 is 10.2 Å². The van der Waals surface area contributed by atoms with Crippen molar-refractivity contribution in [3.63, 3.8) is 0 Å². The van der Waals surface area contributed by atoms with Crippen LogP contribution >= 0.6 is 11.6 Å². The van der Waals surface area contributed by atoms with E-state index in [0.29, 0.717) is 11.4 Å². The van der Waals surface area contributed by atoms with Crippen LogP contribution in [0.1, 0.15) is 26.7 Å². The first-order valence-electron chi connectivity index (χ1n) is 6.14. The fourth-order valence-corrected chi connectivity index (χ4v) is 2.25. The van der Waals surface area contributed by atoms with Gasteiger partial charge in [0.2, 0.25) is 5.91 Å². The number of amides is 1. The molecule has 1 amide bonds. The van der Waals surface area contributed by atoms with Gasteiger partial charge in [-0.3, -0.25) is 10.2 Å². The van der Waals surface area contributed by atoms with E-state index in [9.17, 15) is 9.18 Å². The number of nitrogens with one attached hydrogen (secondary N) is 2. The van der Waals surface area contributed by atoms with Gasteiger partial charge in [0.1, 0.15) is 11.9 Å². The Labute approximate surface area is 117 Å². The second-order valence-electron chi connectivity index (χ2n) is 4.65. The Morgan fingerprint density at radius 2 is 2.21 bits per heavy atom.